The number of aliphatic hydroxyl groups excluding tert-OH is 2. The fourth-order valence-electron chi connectivity index (χ4n) is 3.23. The number of thiol groups is 1. The van der Waals surface area contributed by atoms with Crippen LogP contribution in [-0.4, -0.2) is 111 Å². The van der Waals surface area contributed by atoms with Crippen molar-refractivity contribution in [2.45, 2.75) is 82.9 Å². The Labute approximate surface area is 242 Å². The molecule has 17 nitrogen and oxygen atoms in total. The molecule has 0 aromatic carbocycles. The lowest BCUT2D eigenvalue weighted by Crippen LogP contribution is -2.61. The highest BCUT2D eigenvalue weighted by Crippen LogP contribution is 2.10. The van der Waals surface area contributed by atoms with Gasteiger partial charge in [-0.25, -0.2) is 4.79 Å². The number of hydrogen-bond donors (Lipinski definition) is 11. The minimum atomic E-state index is -1.75. The molecule has 18 heteroatoms. The number of primary amides is 1. The van der Waals surface area contributed by atoms with Crippen LogP contribution in [0.15, 0.2) is 0 Å². The Bertz CT molecular complexity index is 965. The Morgan fingerprint density at radius 2 is 1.22 bits per heavy atom. The van der Waals surface area contributed by atoms with Crippen molar-refractivity contribution < 1.29 is 48.9 Å². The summed E-state index contributed by atoms with van der Waals surface area (Å²) in [5.41, 5.74) is 10.6. The third-order valence-electron chi connectivity index (χ3n) is 5.92. The first-order valence-corrected chi connectivity index (χ1v) is 13.3. The van der Waals surface area contributed by atoms with E-state index in [9.17, 15) is 48.9 Å². The second-order valence-corrected chi connectivity index (χ2v) is 9.81. The second-order valence-electron chi connectivity index (χ2n) is 9.44. The molecule has 0 radical (unpaired) electrons. The number of carbonyl (C=O) groups is 7. The van der Waals surface area contributed by atoms with E-state index in [0.29, 0.717) is 6.42 Å². The van der Waals surface area contributed by atoms with E-state index >= 15 is 0 Å². The van der Waals surface area contributed by atoms with Crippen molar-refractivity contribution in [3.63, 3.8) is 0 Å². The van der Waals surface area contributed by atoms with Crippen molar-refractivity contribution in [3.05, 3.63) is 0 Å². The molecule has 0 unspecified atom stereocenters. The van der Waals surface area contributed by atoms with Crippen LogP contribution in [-0.2, 0) is 33.6 Å². The quantitative estimate of drug-likeness (QED) is 0.0656. The maximum absolute atomic E-state index is 13.2. The maximum Gasteiger partial charge on any atom is 0.328 e. The van der Waals surface area contributed by atoms with E-state index in [1.54, 1.807) is 13.8 Å². The number of amides is 6. The second kappa shape index (κ2) is 18.1. The molecule has 0 aliphatic rings. The summed E-state index contributed by atoms with van der Waals surface area (Å²) in [6.07, 6.45) is -1.89. The topological polar surface area (TPSA) is 292 Å². The summed E-state index contributed by atoms with van der Waals surface area (Å²) in [6, 6.07) is -8.45. The molecule has 0 saturated heterocycles. The lowest BCUT2D eigenvalue weighted by Gasteiger charge is -2.28. The van der Waals surface area contributed by atoms with Crippen molar-refractivity contribution in [1.29, 1.82) is 0 Å². The number of aliphatic carboxylic acids is 1. The van der Waals surface area contributed by atoms with Crippen LogP contribution in [0.5, 0.6) is 0 Å². The van der Waals surface area contributed by atoms with Gasteiger partial charge < -0.3 is 53.4 Å². The zero-order chi connectivity index (χ0) is 32.0. The average molecular weight is 608 g/mol. The molecule has 0 aromatic heterocycles. The van der Waals surface area contributed by atoms with Gasteiger partial charge in [0.25, 0.3) is 0 Å². The fourth-order valence-corrected chi connectivity index (χ4v) is 3.49. The smallest absolute Gasteiger partial charge is 0.328 e. The van der Waals surface area contributed by atoms with E-state index in [1.165, 1.54) is 6.92 Å². The molecule has 12 N–H and O–H groups in total. The molecule has 0 bridgehead atoms. The predicted molar refractivity (Wildman–Crippen MR) is 147 cm³/mol. The number of aliphatic hydroxyl groups is 2. The Morgan fingerprint density at radius 3 is 1.63 bits per heavy atom. The summed E-state index contributed by atoms with van der Waals surface area (Å²) < 4.78 is 0. The number of carboxylic acid groups (broad SMARTS) is 1. The van der Waals surface area contributed by atoms with Crippen LogP contribution >= 0.6 is 12.6 Å². The predicted octanol–water partition coefficient (Wildman–Crippen LogP) is -4.93. The largest absolute Gasteiger partial charge is 0.480 e. The summed E-state index contributed by atoms with van der Waals surface area (Å²) in [5.74, 6) is -7.96. The van der Waals surface area contributed by atoms with Gasteiger partial charge in [-0.1, -0.05) is 20.3 Å². The molecule has 0 aliphatic carbocycles. The maximum atomic E-state index is 13.2. The van der Waals surface area contributed by atoms with Crippen LogP contribution < -0.4 is 38.1 Å². The molecule has 234 valence electrons. The summed E-state index contributed by atoms with van der Waals surface area (Å²) in [5, 5.41) is 39.6. The van der Waals surface area contributed by atoms with E-state index in [2.05, 4.69) is 33.9 Å². The standard InChI is InChI=1S/C23H41N7O10S/c1-5-9(2)16(22(38)26-12(6-15(25)33)19(35)30-17(11(4)32)23(39)40)29-21(37)14(8-41)28-20(36)13(7-31)27-18(34)10(3)24/h9-14,16-17,31-32,41H,5-8,24H2,1-4H3,(H2,25,33)(H,26,38)(H,27,34)(H,28,36)(H,29,37)(H,30,35)(H,39,40)/t9-,10-,11+,12-,13-,14-,16-,17-/m0/s1. The normalized spacial score (nSPS) is 16.8. The van der Waals surface area contributed by atoms with E-state index in [1.807, 2.05) is 5.32 Å². The van der Waals surface area contributed by atoms with Crippen LogP contribution in [0.1, 0.15) is 40.5 Å². The number of nitrogens with two attached hydrogens (primary N) is 2. The fraction of sp³-hybridized carbons (Fsp3) is 0.696. The van der Waals surface area contributed by atoms with Gasteiger partial charge in [0.05, 0.1) is 25.2 Å². The van der Waals surface area contributed by atoms with Crippen LogP contribution in [0.3, 0.4) is 0 Å². The molecule has 0 spiro atoms. The summed E-state index contributed by atoms with van der Waals surface area (Å²) in [6.45, 7) is 4.98. The van der Waals surface area contributed by atoms with Gasteiger partial charge in [0.15, 0.2) is 6.04 Å². The molecule has 0 rings (SSSR count). The first-order chi connectivity index (χ1) is 19.0. The van der Waals surface area contributed by atoms with Crippen LogP contribution in [0, 0.1) is 5.92 Å². The number of nitrogens with one attached hydrogen (secondary N) is 5. The Morgan fingerprint density at radius 1 is 0.756 bits per heavy atom. The van der Waals surface area contributed by atoms with E-state index in [0.717, 1.165) is 6.92 Å². The number of rotatable bonds is 18. The number of carboxylic acids is 1. The van der Waals surface area contributed by atoms with Crippen LogP contribution in [0.2, 0.25) is 0 Å². The van der Waals surface area contributed by atoms with E-state index in [-0.39, 0.29) is 5.75 Å². The lowest BCUT2D eigenvalue weighted by atomic mass is 9.97. The van der Waals surface area contributed by atoms with Gasteiger partial charge in [0, 0.05) is 5.75 Å². The van der Waals surface area contributed by atoms with Crippen LogP contribution in [0.25, 0.3) is 0 Å². The van der Waals surface area contributed by atoms with E-state index in [4.69, 9.17) is 11.5 Å². The van der Waals surface area contributed by atoms with Gasteiger partial charge in [-0.2, -0.15) is 12.6 Å². The highest BCUT2D eigenvalue weighted by atomic mass is 32.1. The minimum Gasteiger partial charge on any atom is -0.480 e. The average Bonchev–Trinajstić information content (AvgIpc) is 2.89. The molecule has 6 amide bonds. The number of hydrogen-bond acceptors (Lipinski definition) is 11. The summed E-state index contributed by atoms with van der Waals surface area (Å²) in [4.78, 5) is 86.1. The van der Waals surface area contributed by atoms with Gasteiger partial charge in [-0.15, -0.1) is 0 Å². The van der Waals surface area contributed by atoms with Gasteiger partial charge in [0.1, 0.15) is 24.2 Å². The molecule has 0 fully saturated rings. The summed E-state index contributed by atoms with van der Waals surface area (Å²) >= 11 is 4.04. The van der Waals surface area contributed by atoms with Crippen molar-refractivity contribution in [2.24, 2.45) is 17.4 Å². The third-order valence-corrected chi connectivity index (χ3v) is 6.29. The SMILES string of the molecule is CC[C@H](C)[C@H](NC(=O)[C@H](CS)NC(=O)[C@H](CO)NC(=O)[C@H](C)N)C(=O)N[C@@H](CC(N)=O)C(=O)N[C@H](C(=O)O)[C@@H](C)O. The molecular formula is C23H41N7O10S. The monoisotopic (exact) mass is 607 g/mol. The molecular weight excluding hydrogens is 566 g/mol. The van der Waals surface area contributed by atoms with Crippen LogP contribution in [0.4, 0.5) is 0 Å². The highest BCUT2D eigenvalue weighted by Gasteiger charge is 2.35. The van der Waals surface area contributed by atoms with Crippen molar-refractivity contribution in [1.82, 2.24) is 26.6 Å². The van der Waals surface area contributed by atoms with Gasteiger partial charge in [0.2, 0.25) is 35.4 Å². The Kier molecular flexibility index (Phi) is 16.5. The van der Waals surface area contributed by atoms with Gasteiger partial charge >= 0.3 is 5.97 Å². The molecule has 0 saturated carbocycles. The first-order valence-electron chi connectivity index (χ1n) is 12.7. The zero-order valence-electron chi connectivity index (χ0n) is 23.2. The van der Waals surface area contributed by atoms with Gasteiger partial charge in [-0.3, -0.25) is 28.8 Å². The highest BCUT2D eigenvalue weighted by molar-refractivity contribution is 7.80. The molecule has 8 atom stereocenters. The third kappa shape index (κ3) is 12.7. The lowest BCUT2D eigenvalue weighted by molar-refractivity contribution is -0.145. The number of carbonyl (C=O) groups excluding carboxylic acids is 6. The van der Waals surface area contributed by atoms with Gasteiger partial charge in [-0.05, 0) is 19.8 Å². The van der Waals surface area contributed by atoms with Crippen molar-refractivity contribution in [2.75, 3.05) is 12.4 Å². The Hall–Kier alpha value is -3.48. The van der Waals surface area contributed by atoms with Crippen molar-refractivity contribution >= 4 is 54.0 Å². The zero-order valence-corrected chi connectivity index (χ0v) is 24.1. The van der Waals surface area contributed by atoms with E-state index < -0.39 is 103 Å². The first kappa shape index (κ1) is 37.5. The molecule has 0 heterocycles. The minimum absolute atomic E-state index is 0.256. The summed E-state index contributed by atoms with van der Waals surface area (Å²) in [7, 11) is 0. The molecule has 0 aliphatic heterocycles. The molecule has 0 aromatic rings. The van der Waals surface area contributed by atoms with Crippen molar-refractivity contribution in [3.8, 4) is 0 Å². The molecule has 41 heavy (non-hydrogen) atoms. The Balaban J connectivity index is 5.79.